The van der Waals surface area contributed by atoms with E-state index in [1.165, 1.54) is 6.92 Å². The SMILES string of the molecule is CCOC(=O)C(Cl)SCCC(F)(F)C(F)(F)C(F)(F)C(F)(F)C(F)(F)C(F)(F)F. The van der Waals surface area contributed by atoms with Gasteiger partial charge in [0, 0.05) is 12.2 Å². The molecule has 0 fully saturated rings. The Hall–Kier alpha value is -0.800. The number of hydrogen-bond donors (Lipinski definition) is 0. The maximum Gasteiger partial charge on any atom is 0.460 e. The zero-order valence-corrected chi connectivity index (χ0v) is 15.3. The second kappa shape index (κ2) is 8.75. The lowest BCUT2D eigenvalue weighted by molar-refractivity contribution is -0.439. The second-order valence-electron chi connectivity index (χ2n) is 5.19. The van der Waals surface area contributed by atoms with Crippen LogP contribution in [0.3, 0.4) is 0 Å². The van der Waals surface area contributed by atoms with E-state index < -0.39 is 58.6 Å². The van der Waals surface area contributed by atoms with Crippen molar-refractivity contribution in [2.45, 2.75) is 53.8 Å². The van der Waals surface area contributed by atoms with Crippen molar-refractivity contribution in [3.8, 4) is 0 Å². The number of ether oxygens (including phenoxy) is 1. The molecule has 0 aromatic rings. The van der Waals surface area contributed by atoms with Crippen LogP contribution in [0.2, 0.25) is 0 Å². The predicted octanol–water partition coefficient (Wildman–Crippen LogP) is 5.98. The zero-order valence-electron chi connectivity index (χ0n) is 13.7. The van der Waals surface area contributed by atoms with Crippen molar-refractivity contribution in [3.63, 3.8) is 0 Å². The number of carbonyl (C=O) groups excluding carboxylic acids is 1. The Labute approximate surface area is 163 Å². The van der Waals surface area contributed by atoms with Gasteiger partial charge in [-0.2, -0.15) is 57.1 Å². The van der Waals surface area contributed by atoms with Gasteiger partial charge in [0.05, 0.1) is 6.61 Å². The van der Waals surface area contributed by atoms with Crippen LogP contribution in [0.25, 0.3) is 0 Å². The molecule has 0 N–H and O–H groups in total. The molecule has 0 spiro atoms. The van der Waals surface area contributed by atoms with Gasteiger partial charge in [-0.3, -0.25) is 0 Å². The molecule has 17 heteroatoms. The summed E-state index contributed by atoms with van der Waals surface area (Å²) in [5, 5.41) is 0. The molecular weight excluding hydrogens is 491 g/mol. The van der Waals surface area contributed by atoms with Crippen molar-refractivity contribution < 1.29 is 66.6 Å². The monoisotopic (exact) mass is 500 g/mol. The summed E-state index contributed by atoms with van der Waals surface area (Å²) < 4.78 is 170. The average Bonchev–Trinajstić information content (AvgIpc) is 2.52. The van der Waals surface area contributed by atoms with E-state index in [4.69, 9.17) is 11.6 Å². The van der Waals surface area contributed by atoms with E-state index in [-0.39, 0.29) is 18.4 Å². The highest BCUT2D eigenvalue weighted by molar-refractivity contribution is 8.01. The molecule has 174 valence electrons. The lowest BCUT2D eigenvalue weighted by atomic mass is 9.93. The molecule has 0 aromatic carbocycles. The van der Waals surface area contributed by atoms with Crippen molar-refractivity contribution in [2.75, 3.05) is 12.4 Å². The third-order valence-electron chi connectivity index (χ3n) is 3.15. The van der Waals surface area contributed by atoms with E-state index in [0.717, 1.165) is 0 Å². The van der Waals surface area contributed by atoms with E-state index in [0.29, 0.717) is 0 Å². The maximum atomic E-state index is 13.4. The van der Waals surface area contributed by atoms with Crippen molar-refractivity contribution in [2.24, 2.45) is 0 Å². The van der Waals surface area contributed by atoms with Crippen molar-refractivity contribution >= 4 is 29.3 Å². The molecular formula is C12H10ClF13O2S. The summed E-state index contributed by atoms with van der Waals surface area (Å²) in [5.74, 6) is -39.7. The molecule has 0 rings (SSSR count). The fourth-order valence-electron chi connectivity index (χ4n) is 1.53. The quantitative estimate of drug-likeness (QED) is 0.210. The van der Waals surface area contributed by atoms with Crippen molar-refractivity contribution in [1.29, 1.82) is 0 Å². The molecule has 0 aliphatic rings. The second-order valence-corrected chi connectivity index (χ2v) is 7.10. The summed E-state index contributed by atoms with van der Waals surface area (Å²) in [6.45, 7) is 1.05. The first-order valence-corrected chi connectivity index (χ1v) is 8.48. The van der Waals surface area contributed by atoms with Crippen LogP contribution >= 0.6 is 23.4 Å². The first kappa shape index (κ1) is 28.2. The summed E-state index contributed by atoms with van der Waals surface area (Å²) in [6, 6.07) is 0. The molecule has 0 saturated heterocycles. The molecule has 0 aliphatic carbocycles. The average molecular weight is 501 g/mol. The molecule has 1 atom stereocenters. The van der Waals surface area contributed by atoms with Crippen LogP contribution in [-0.2, 0) is 9.53 Å². The standard InChI is InChI=1S/C12H10ClF13O2S/c1-2-28-6(27)5(13)29-4-3-7(14,15)8(16,17)9(18,19)10(20,21)11(22,23)12(24,25)26/h5H,2-4H2,1H3. The summed E-state index contributed by atoms with van der Waals surface area (Å²) >= 11 is 5.20. The molecule has 0 saturated carbocycles. The van der Waals surface area contributed by atoms with E-state index in [9.17, 15) is 61.9 Å². The van der Waals surface area contributed by atoms with Gasteiger partial charge in [-0.25, -0.2) is 4.79 Å². The van der Waals surface area contributed by atoms with E-state index in [1.807, 2.05) is 0 Å². The molecule has 29 heavy (non-hydrogen) atoms. The third-order valence-corrected chi connectivity index (χ3v) is 4.63. The Bertz CT molecular complexity index is 579. The normalized spacial score (nSPS) is 16.0. The molecule has 2 nitrogen and oxygen atoms in total. The summed E-state index contributed by atoms with van der Waals surface area (Å²) in [7, 11) is 0. The number of esters is 1. The molecule has 0 aromatic heterocycles. The molecule has 0 bridgehead atoms. The Kier molecular flexibility index (Phi) is 8.51. The van der Waals surface area contributed by atoms with E-state index in [2.05, 4.69) is 4.74 Å². The summed E-state index contributed by atoms with van der Waals surface area (Å²) in [6.07, 6.45) is -9.89. The molecule has 1 unspecified atom stereocenters. The van der Waals surface area contributed by atoms with Crippen LogP contribution < -0.4 is 0 Å². The minimum atomic E-state index is -7.93. The summed E-state index contributed by atoms with van der Waals surface area (Å²) in [4.78, 5) is 11.1. The van der Waals surface area contributed by atoms with Gasteiger partial charge in [0.2, 0.25) is 0 Å². The highest BCUT2D eigenvalue weighted by Crippen LogP contribution is 2.60. The Morgan fingerprint density at radius 2 is 1.24 bits per heavy atom. The van der Waals surface area contributed by atoms with Gasteiger partial charge in [0.15, 0.2) is 4.71 Å². The first-order chi connectivity index (χ1) is 12.6. The number of carbonyl (C=O) groups is 1. The first-order valence-electron chi connectivity index (χ1n) is 7.00. The van der Waals surface area contributed by atoms with E-state index >= 15 is 0 Å². The van der Waals surface area contributed by atoms with Gasteiger partial charge in [0.25, 0.3) is 0 Å². The van der Waals surface area contributed by atoms with Crippen molar-refractivity contribution in [1.82, 2.24) is 0 Å². The molecule has 0 aliphatic heterocycles. The number of thioether (sulfide) groups is 1. The maximum absolute atomic E-state index is 13.4. The molecule has 0 radical (unpaired) electrons. The third kappa shape index (κ3) is 5.10. The van der Waals surface area contributed by atoms with Crippen LogP contribution in [0.15, 0.2) is 0 Å². The Morgan fingerprint density at radius 1 is 0.828 bits per heavy atom. The Balaban J connectivity index is 5.63. The number of hydrogen-bond acceptors (Lipinski definition) is 3. The fraction of sp³-hybridized carbons (Fsp3) is 0.917. The van der Waals surface area contributed by atoms with Gasteiger partial charge >= 0.3 is 41.8 Å². The summed E-state index contributed by atoms with van der Waals surface area (Å²) in [5.41, 5.74) is 0. The van der Waals surface area contributed by atoms with Gasteiger partial charge in [-0.15, -0.1) is 11.8 Å². The van der Waals surface area contributed by atoms with Gasteiger partial charge in [-0.05, 0) is 6.92 Å². The van der Waals surface area contributed by atoms with Crippen LogP contribution in [0.5, 0.6) is 0 Å². The highest BCUT2D eigenvalue weighted by atomic mass is 35.5. The van der Waals surface area contributed by atoms with Gasteiger partial charge in [-0.1, -0.05) is 11.6 Å². The topological polar surface area (TPSA) is 26.3 Å². The molecule has 0 amide bonds. The fourth-order valence-corrected chi connectivity index (χ4v) is 2.64. The minimum absolute atomic E-state index is 0.0876. The predicted molar refractivity (Wildman–Crippen MR) is 74.1 cm³/mol. The van der Waals surface area contributed by atoms with Crippen LogP contribution in [0, 0.1) is 0 Å². The van der Waals surface area contributed by atoms with Crippen molar-refractivity contribution in [3.05, 3.63) is 0 Å². The lowest BCUT2D eigenvalue weighted by Crippen LogP contribution is -2.70. The van der Waals surface area contributed by atoms with Crippen LogP contribution in [0.1, 0.15) is 13.3 Å². The van der Waals surface area contributed by atoms with Gasteiger partial charge in [0.1, 0.15) is 0 Å². The number of alkyl halides is 14. The minimum Gasteiger partial charge on any atom is -0.464 e. The number of rotatable bonds is 10. The largest absolute Gasteiger partial charge is 0.464 e. The number of halogens is 14. The Morgan fingerprint density at radius 3 is 1.62 bits per heavy atom. The van der Waals surface area contributed by atoms with Crippen LogP contribution in [0.4, 0.5) is 57.1 Å². The highest BCUT2D eigenvalue weighted by Gasteiger charge is 2.90. The lowest BCUT2D eigenvalue weighted by Gasteiger charge is -2.39. The zero-order chi connectivity index (χ0) is 23.7. The smallest absolute Gasteiger partial charge is 0.460 e. The van der Waals surface area contributed by atoms with E-state index in [1.54, 1.807) is 0 Å². The van der Waals surface area contributed by atoms with Gasteiger partial charge < -0.3 is 4.74 Å². The van der Waals surface area contributed by atoms with Crippen LogP contribution in [-0.4, -0.2) is 58.8 Å². The molecule has 0 heterocycles.